The van der Waals surface area contributed by atoms with E-state index in [4.69, 9.17) is 4.52 Å². The van der Waals surface area contributed by atoms with Crippen LogP contribution in [0.3, 0.4) is 0 Å². The summed E-state index contributed by atoms with van der Waals surface area (Å²) in [6.45, 7) is 7.48. The van der Waals surface area contributed by atoms with Crippen molar-refractivity contribution in [3.8, 4) is 11.5 Å². The van der Waals surface area contributed by atoms with Gasteiger partial charge in [-0.15, -0.1) is 0 Å². The molecule has 6 heteroatoms. The third kappa shape index (κ3) is 4.89. The zero-order chi connectivity index (χ0) is 15.2. The molecule has 1 N–H and O–H groups in total. The van der Waals surface area contributed by atoms with Gasteiger partial charge < -0.3 is 9.84 Å². The fraction of sp³-hybridized carbons (Fsp3) is 0.533. The molecule has 0 saturated carbocycles. The van der Waals surface area contributed by atoms with Crippen LogP contribution in [0.25, 0.3) is 11.5 Å². The molecule has 2 rings (SSSR count). The third-order valence-corrected chi connectivity index (χ3v) is 3.56. The number of nitrogens with zero attached hydrogens (tertiary/aromatic N) is 3. The second-order valence-electron chi connectivity index (χ2n) is 5.46. The lowest BCUT2D eigenvalue weighted by Crippen LogP contribution is -2.32. The lowest BCUT2D eigenvalue weighted by molar-refractivity contribution is 0.340. The highest BCUT2D eigenvalue weighted by atomic mass is 79.9. The summed E-state index contributed by atoms with van der Waals surface area (Å²) in [4.78, 5) is 8.72. The molecule has 21 heavy (non-hydrogen) atoms. The molecular weight excluding hydrogens is 332 g/mol. The summed E-state index contributed by atoms with van der Waals surface area (Å²) in [7, 11) is 0. The maximum absolute atomic E-state index is 5.35. The second kappa shape index (κ2) is 7.66. The molecular formula is C15H21BrN4O. The van der Waals surface area contributed by atoms with Gasteiger partial charge in [0.2, 0.25) is 11.7 Å². The Morgan fingerprint density at radius 3 is 2.76 bits per heavy atom. The normalized spacial score (nSPS) is 12.8. The molecule has 2 aromatic rings. The summed E-state index contributed by atoms with van der Waals surface area (Å²) in [5.74, 6) is 1.82. The monoisotopic (exact) mass is 352 g/mol. The molecule has 0 bridgehead atoms. The van der Waals surface area contributed by atoms with E-state index in [0.29, 0.717) is 23.7 Å². The van der Waals surface area contributed by atoms with Gasteiger partial charge in [-0.25, -0.2) is 0 Å². The van der Waals surface area contributed by atoms with Crippen molar-refractivity contribution in [2.45, 2.75) is 39.7 Å². The molecule has 0 aromatic carbocycles. The highest BCUT2D eigenvalue weighted by Crippen LogP contribution is 2.17. The van der Waals surface area contributed by atoms with Crippen molar-refractivity contribution in [3.63, 3.8) is 0 Å². The van der Waals surface area contributed by atoms with Crippen LogP contribution in [0.2, 0.25) is 0 Å². The standard InChI is InChI=1S/C15H21BrN4O/c1-4-17-12(7-10(2)3)8-14-19-15(20-21-14)13-6-5-11(16)9-18-13/h5-6,9-10,12,17H,4,7-8H2,1-3H3. The Hall–Kier alpha value is -1.27. The van der Waals surface area contributed by atoms with Gasteiger partial charge in [-0.3, -0.25) is 4.98 Å². The highest BCUT2D eigenvalue weighted by molar-refractivity contribution is 9.10. The second-order valence-corrected chi connectivity index (χ2v) is 6.38. The summed E-state index contributed by atoms with van der Waals surface area (Å²) in [6.07, 6.45) is 3.56. The SMILES string of the molecule is CCNC(Cc1nc(-c2ccc(Br)cn2)no1)CC(C)C. The van der Waals surface area contributed by atoms with Crippen molar-refractivity contribution >= 4 is 15.9 Å². The van der Waals surface area contributed by atoms with E-state index >= 15 is 0 Å². The van der Waals surface area contributed by atoms with E-state index in [2.05, 4.69) is 57.1 Å². The first kappa shape index (κ1) is 16.1. The Kier molecular flexibility index (Phi) is 5.87. The third-order valence-electron chi connectivity index (χ3n) is 3.09. The predicted octanol–water partition coefficient (Wildman–Crippen LogP) is 3.46. The fourth-order valence-electron chi connectivity index (χ4n) is 2.26. The summed E-state index contributed by atoms with van der Waals surface area (Å²) >= 11 is 3.36. The molecule has 1 unspecified atom stereocenters. The molecule has 0 saturated heterocycles. The van der Waals surface area contributed by atoms with Gasteiger partial charge >= 0.3 is 0 Å². The number of likely N-dealkylation sites (N-methyl/N-ethyl adjacent to an activating group) is 1. The Morgan fingerprint density at radius 1 is 1.33 bits per heavy atom. The molecule has 0 amide bonds. The highest BCUT2D eigenvalue weighted by Gasteiger charge is 2.16. The summed E-state index contributed by atoms with van der Waals surface area (Å²) in [6, 6.07) is 4.15. The zero-order valence-electron chi connectivity index (χ0n) is 12.6. The van der Waals surface area contributed by atoms with Gasteiger partial charge in [0.25, 0.3) is 0 Å². The smallest absolute Gasteiger partial charge is 0.228 e. The average Bonchev–Trinajstić information content (AvgIpc) is 2.87. The molecule has 2 heterocycles. The Bertz CT molecular complexity index is 553. The summed E-state index contributed by atoms with van der Waals surface area (Å²) < 4.78 is 6.28. The van der Waals surface area contributed by atoms with E-state index in [1.54, 1.807) is 6.20 Å². The van der Waals surface area contributed by atoms with Gasteiger partial charge in [-0.1, -0.05) is 25.9 Å². The van der Waals surface area contributed by atoms with Crippen molar-refractivity contribution in [2.24, 2.45) is 5.92 Å². The van der Waals surface area contributed by atoms with Gasteiger partial charge in [-0.2, -0.15) is 4.98 Å². The molecule has 0 aliphatic heterocycles. The molecule has 1 atom stereocenters. The van der Waals surface area contributed by atoms with E-state index in [-0.39, 0.29) is 0 Å². The van der Waals surface area contributed by atoms with Crippen LogP contribution < -0.4 is 5.32 Å². The van der Waals surface area contributed by atoms with Crippen LogP contribution in [-0.4, -0.2) is 27.7 Å². The number of rotatable bonds is 7. The van der Waals surface area contributed by atoms with E-state index in [9.17, 15) is 0 Å². The van der Waals surface area contributed by atoms with Crippen LogP contribution in [0.4, 0.5) is 0 Å². The van der Waals surface area contributed by atoms with Crippen LogP contribution in [0.1, 0.15) is 33.1 Å². The van der Waals surface area contributed by atoms with Crippen molar-refractivity contribution < 1.29 is 4.52 Å². The minimum absolute atomic E-state index is 0.362. The molecule has 0 fully saturated rings. The molecule has 2 aromatic heterocycles. The molecule has 0 aliphatic carbocycles. The van der Waals surface area contributed by atoms with Crippen molar-refractivity contribution in [1.82, 2.24) is 20.4 Å². The molecule has 0 radical (unpaired) electrons. The van der Waals surface area contributed by atoms with E-state index in [1.165, 1.54) is 0 Å². The number of hydrogen-bond acceptors (Lipinski definition) is 5. The van der Waals surface area contributed by atoms with Crippen molar-refractivity contribution in [2.75, 3.05) is 6.54 Å². The zero-order valence-corrected chi connectivity index (χ0v) is 14.2. The van der Waals surface area contributed by atoms with Gasteiger partial charge in [0.15, 0.2) is 0 Å². The number of pyridine rings is 1. The Balaban J connectivity index is 2.06. The van der Waals surface area contributed by atoms with E-state index in [1.807, 2.05) is 12.1 Å². The largest absolute Gasteiger partial charge is 0.339 e. The van der Waals surface area contributed by atoms with Crippen molar-refractivity contribution in [3.05, 3.63) is 28.7 Å². The minimum atomic E-state index is 0.362. The van der Waals surface area contributed by atoms with Gasteiger partial charge in [0.05, 0.1) is 0 Å². The summed E-state index contributed by atoms with van der Waals surface area (Å²) in [5.41, 5.74) is 0.720. The first-order chi connectivity index (χ1) is 10.1. The topological polar surface area (TPSA) is 63.8 Å². The summed E-state index contributed by atoms with van der Waals surface area (Å²) in [5, 5.41) is 7.49. The Labute approximate surface area is 133 Å². The minimum Gasteiger partial charge on any atom is -0.339 e. The molecule has 0 aliphatic rings. The van der Waals surface area contributed by atoms with Crippen LogP contribution >= 0.6 is 15.9 Å². The lowest BCUT2D eigenvalue weighted by atomic mass is 10.0. The molecule has 114 valence electrons. The van der Waals surface area contributed by atoms with Gasteiger partial charge in [-0.05, 0) is 46.9 Å². The van der Waals surface area contributed by atoms with Crippen LogP contribution in [0, 0.1) is 5.92 Å². The first-order valence-electron chi connectivity index (χ1n) is 7.26. The maximum atomic E-state index is 5.35. The van der Waals surface area contributed by atoms with Crippen LogP contribution in [-0.2, 0) is 6.42 Å². The average molecular weight is 353 g/mol. The van der Waals surface area contributed by atoms with E-state index < -0.39 is 0 Å². The van der Waals surface area contributed by atoms with Crippen LogP contribution in [0.5, 0.6) is 0 Å². The quantitative estimate of drug-likeness (QED) is 0.826. The number of halogens is 1. The molecule has 5 nitrogen and oxygen atoms in total. The lowest BCUT2D eigenvalue weighted by Gasteiger charge is -2.17. The van der Waals surface area contributed by atoms with Crippen LogP contribution in [0.15, 0.2) is 27.3 Å². The molecule has 0 spiro atoms. The number of hydrogen-bond donors (Lipinski definition) is 1. The number of nitrogens with one attached hydrogen (secondary N) is 1. The van der Waals surface area contributed by atoms with Crippen molar-refractivity contribution in [1.29, 1.82) is 0 Å². The maximum Gasteiger partial charge on any atom is 0.228 e. The Morgan fingerprint density at radius 2 is 2.14 bits per heavy atom. The van der Waals surface area contributed by atoms with Gasteiger partial charge in [0.1, 0.15) is 5.69 Å². The fourth-order valence-corrected chi connectivity index (χ4v) is 2.49. The number of aromatic nitrogens is 3. The predicted molar refractivity (Wildman–Crippen MR) is 85.9 cm³/mol. The first-order valence-corrected chi connectivity index (χ1v) is 8.05. The van der Waals surface area contributed by atoms with E-state index in [0.717, 1.165) is 29.6 Å². The van der Waals surface area contributed by atoms with Gasteiger partial charge in [0, 0.05) is 23.1 Å².